The summed E-state index contributed by atoms with van der Waals surface area (Å²) in [4.78, 5) is 28.5. The van der Waals surface area contributed by atoms with Gasteiger partial charge in [-0.2, -0.15) is 18.4 Å². The van der Waals surface area contributed by atoms with Crippen LogP contribution in [0.15, 0.2) is 103 Å². The van der Waals surface area contributed by atoms with Gasteiger partial charge in [-0.05, 0) is 110 Å². The van der Waals surface area contributed by atoms with Crippen LogP contribution in [0.4, 0.5) is 37.7 Å². The van der Waals surface area contributed by atoms with E-state index in [9.17, 15) is 41.9 Å². The number of nitrogens with zero attached hydrogens (tertiary/aromatic N) is 3. The first-order valence-electron chi connectivity index (χ1n) is 25.7. The number of halogens is 6. The summed E-state index contributed by atoms with van der Waals surface area (Å²) >= 11 is 5.51. The largest absolute Gasteiger partial charge is 0.491 e. The Morgan fingerprint density at radius 2 is 1.19 bits per heavy atom. The van der Waals surface area contributed by atoms with E-state index in [4.69, 9.17) is 54.8 Å². The molecule has 0 aliphatic carbocycles. The lowest BCUT2D eigenvalue weighted by Gasteiger charge is -2.29. The number of rotatable bonds is 35. The van der Waals surface area contributed by atoms with E-state index in [1.807, 2.05) is 0 Å². The van der Waals surface area contributed by atoms with Gasteiger partial charge in [0.2, 0.25) is 0 Å². The number of carbonyl (C=O) groups excluding carboxylic acids is 2. The van der Waals surface area contributed by atoms with Gasteiger partial charge in [0.25, 0.3) is 11.8 Å². The van der Waals surface area contributed by atoms with Crippen LogP contribution in [0.2, 0.25) is 0 Å². The molecule has 0 unspecified atom stereocenters. The molecule has 5 aromatic rings. The van der Waals surface area contributed by atoms with Crippen molar-refractivity contribution < 1.29 is 83.7 Å². The number of anilines is 2. The quantitative estimate of drug-likeness (QED) is 0.0201. The minimum absolute atomic E-state index is 0.00208. The van der Waals surface area contributed by atoms with Gasteiger partial charge in [0.1, 0.15) is 54.7 Å². The molecule has 24 heteroatoms. The number of nitriles is 1. The molecule has 1 heterocycles. The van der Waals surface area contributed by atoms with E-state index < -0.39 is 46.6 Å². The van der Waals surface area contributed by atoms with Crippen molar-refractivity contribution in [1.29, 1.82) is 5.26 Å². The van der Waals surface area contributed by atoms with Crippen molar-refractivity contribution in [2.24, 2.45) is 0 Å². The molecule has 81 heavy (non-hydrogen) atoms. The van der Waals surface area contributed by atoms with E-state index >= 15 is 4.39 Å². The lowest BCUT2D eigenvalue weighted by Crippen LogP contribution is -2.44. The van der Waals surface area contributed by atoms with E-state index in [0.29, 0.717) is 89.3 Å². The molecule has 2 amide bonds. The fourth-order valence-corrected chi connectivity index (χ4v) is 8.30. The fraction of sp³-hybridized carbons (Fsp3) is 0.404. The van der Waals surface area contributed by atoms with E-state index in [1.54, 1.807) is 42.5 Å². The Balaban J connectivity index is 0.726. The van der Waals surface area contributed by atoms with Gasteiger partial charge in [-0.25, -0.2) is 13.2 Å². The molecule has 0 saturated carbocycles. The van der Waals surface area contributed by atoms with Crippen LogP contribution in [-0.4, -0.2) is 139 Å². The first-order chi connectivity index (χ1) is 39.0. The highest BCUT2D eigenvalue weighted by Crippen LogP contribution is 2.40. The van der Waals surface area contributed by atoms with Crippen molar-refractivity contribution in [2.75, 3.05) is 115 Å². The Kier molecular flexibility index (Phi) is 24.9. The molecule has 0 bridgehead atoms. The summed E-state index contributed by atoms with van der Waals surface area (Å²) in [6.45, 7) is 7.97. The zero-order chi connectivity index (χ0) is 58.2. The predicted molar refractivity (Wildman–Crippen MR) is 289 cm³/mol. The van der Waals surface area contributed by atoms with Gasteiger partial charge in [0, 0.05) is 31.4 Å². The molecule has 17 nitrogen and oxygen atoms in total. The second kappa shape index (κ2) is 31.9. The van der Waals surface area contributed by atoms with Crippen LogP contribution in [0, 0.1) is 28.8 Å². The maximum atomic E-state index is 15.3. The first kappa shape index (κ1) is 63.3. The van der Waals surface area contributed by atoms with Crippen LogP contribution >= 0.6 is 12.2 Å². The summed E-state index contributed by atoms with van der Waals surface area (Å²) < 4.78 is 134. The molecular formula is C57H63F6N5O12S. The number of amides is 2. The number of thiocarbonyl (C=S) groups is 1. The van der Waals surface area contributed by atoms with Crippen LogP contribution in [0.3, 0.4) is 0 Å². The van der Waals surface area contributed by atoms with Gasteiger partial charge in [0.05, 0.1) is 108 Å². The Morgan fingerprint density at radius 3 is 1.72 bits per heavy atom. The van der Waals surface area contributed by atoms with Crippen molar-refractivity contribution in [3.63, 3.8) is 0 Å². The molecule has 3 N–H and O–H groups in total. The van der Waals surface area contributed by atoms with Crippen LogP contribution in [0.5, 0.6) is 17.2 Å². The number of hydrogen-bond acceptors (Lipinski definition) is 15. The van der Waals surface area contributed by atoms with E-state index in [1.165, 1.54) is 67.3 Å². The van der Waals surface area contributed by atoms with Gasteiger partial charge in [0.15, 0.2) is 16.6 Å². The number of carbonyl (C=O) groups is 2. The fourth-order valence-electron chi connectivity index (χ4n) is 7.78. The van der Waals surface area contributed by atoms with E-state index in [2.05, 4.69) is 10.6 Å². The number of alkyl halides is 3. The topological polar surface area (TPSA) is 192 Å². The van der Waals surface area contributed by atoms with Crippen LogP contribution in [0.1, 0.15) is 46.5 Å². The summed E-state index contributed by atoms with van der Waals surface area (Å²) in [5.41, 5.74) is -2.23. The summed E-state index contributed by atoms with van der Waals surface area (Å²) in [7, 11) is 0. The third kappa shape index (κ3) is 19.6. The molecule has 1 aliphatic heterocycles. The van der Waals surface area contributed by atoms with Crippen LogP contribution in [0.25, 0.3) is 0 Å². The molecule has 5 aromatic carbocycles. The van der Waals surface area contributed by atoms with E-state index in [0.717, 1.165) is 28.2 Å². The number of benzene rings is 5. The van der Waals surface area contributed by atoms with Crippen LogP contribution < -0.4 is 34.6 Å². The molecule has 0 spiro atoms. The number of hydrogen-bond donors (Lipinski definition) is 3. The highest BCUT2D eigenvalue weighted by Gasteiger charge is 2.51. The molecular weight excluding hydrogens is 1090 g/mol. The Morgan fingerprint density at radius 1 is 0.667 bits per heavy atom. The average molecular weight is 1160 g/mol. The monoisotopic (exact) mass is 1160 g/mol. The van der Waals surface area contributed by atoms with Crippen molar-refractivity contribution >= 4 is 40.5 Å². The minimum atomic E-state index is -4.87. The van der Waals surface area contributed by atoms with Crippen molar-refractivity contribution in [2.45, 2.75) is 44.9 Å². The van der Waals surface area contributed by atoms with Gasteiger partial charge < -0.3 is 63.3 Å². The minimum Gasteiger partial charge on any atom is -0.491 e. The molecule has 6 rings (SSSR count). The zero-order valence-electron chi connectivity index (χ0n) is 44.6. The molecule has 1 fully saturated rings. The normalized spacial score (nSPS) is 13.6. The predicted octanol–water partition coefficient (Wildman–Crippen LogP) is 7.93. The number of nitrogens with one attached hydrogen (secondary N) is 2. The Labute approximate surface area is 470 Å². The maximum absolute atomic E-state index is 15.3. The summed E-state index contributed by atoms with van der Waals surface area (Å²) in [5.74, 6) is -1.80. The van der Waals surface area contributed by atoms with Crippen molar-refractivity contribution in [3.05, 3.63) is 148 Å². The first-order valence-corrected chi connectivity index (χ1v) is 26.1. The lowest BCUT2D eigenvalue weighted by atomic mass is 10.0. The number of aliphatic hydroxyl groups is 1. The summed E-state index contributed by atoms with van der Waals surface area (Å²) in [5, 5.41) is 25.1. The highest BCUT2D eigenvalue weighted by atomic mass is 32.1. The number of aliphatic hydroxyl groups excluding tert-OH is 1. The third-order valence-corrected chi connectivity index (χ3v) is 12.3. The molecule has 1 saturated heterocycles. The summed E-state index contributed by atoms with van der Waals surface area (Å²) in [6, 6.07) is 24.8. The van der Waals surface area contributed by atoms with Gasteiger partial charge in [-0.3, -0.25) is 14.5 Å². The molecule has 436 valence electrons. The second-order valence-electron chi connectivity index (χ2n) is 18.4. The van der Waals surface area contributed by atoms with Gasteiger partial charge in [-0.1, -0.05) is 24.3 Å². The summed E-state index contributed by atoms with van der Waals surface area (Å²) in [6.07, 6.45) is -5.69. The molecule has 1 aliphatic rings. The molecule has 1 atom stereocenters. The lowest BCUT2D eigenvalue weighted by molar-refractivity contribution is -0.137. The Hall–Kier alpha value is -6.92. The highest BCUT2D eigenvalue weighted by molar-refractivity contribution is 7.81. The van der Waals surface area contributed by atoms with Crippen LogP contribution in [-0.2, 0) is 52.6 Å². The van der Waals surface area contributed by atoms with Gasteiger partial charge in [-0.15, -0.1) is 0 Å². The standard InChI is InChI=1S/C57H63F6N5O12S/c1-56(2)54(71)67(44-12-7-41(34-64)49(31-44)57(61,62)63)55(81)68(56)45-13-15-48(50(60)32-45)53(70)66-18-20-73-22-24-75-26-28-77-30-29-76-27-25-74-23-21-72-19-17-65-35-46(69)38-78-47-14-16-51(79-36-39-3-8-42(58)9-4-39)52(33-47)80-37-40-5-10-43(59)11-6-40/h3-16,31-33,46,65,69H,17-30,35-38H2,1-2H3,(H,66,70)/t46-/m1/s1. The molecule has 0 aromatic heterocycles. The second-order valence-corrected chi connectivity index (χ2v) is 18.7. The van der Waals surface area contributed by atoms with Crippen molar-refractivity contribution in [3.8, 4) is 23.3 Å². The smallest absolute Gasteiger partial charge is 0.417 e. The van der Waals surface area contributed by atoms with Crippen molar-refractivity contribution in [1.82, 2.24) is 10.6 Å². The zero-order valence-corrected chi connectivity index (χ0v) is 45.4. The third-order valence-electron chi connectivity index (χ3n) is 12.0. The number of ether oxygens (including phenoxy) is 9. The Bertz CT molecular complexity index is 2860. The van der Waals surface area contributed by atoms with E-state index in [-0.39, 0.29) is 86.4 Å². The average Bonchev–Trinajstić information content (AvgIpc) is 3.60. The van der Waals surface area contributed by atoms with Gasteiger partial charge >= 0.3 is 6.18 Å². The molecule has 0 radical (unpaired) electrons. The SMILES string of the molecule is CC1(C)C(=O)N(c2ccc(C#N)c(C(F)(F)F)c2)C(=S)N1c1ccc(C(=O)NCCOCCOCCOCCOCCOCCOCCNC[C@@H](O)COc2ccc(OCc3ccc(F)cc3)c(OCc3ccc(F)cc3)c2)c(F)c1. The maximum Gasteiger partial charge on any atom is 0.417 e.